The number of likely N-dealkylation sites (tertiary alicyclic amines) is 1. The van der Waals surface area contributed by atoms with Crippen LogP contribution in [-0.2, 0) is 9.59 Å². The number of nitrogens with zero attached hydrogens (tertiary/aromatic N) is 1. The monoisotopic (exact) mass is 350 g/mol. The molecule has 1 atom stereocenters. The Morgan fingerprint density at radius 1 is 1.08 bits per heavy atom. The highest BCUT2D eigenvalue weighted by molar-refractivity contribution is 6.04. The highest BCUT2D eigenvalue weighted by Gasteiger charge is 2.38. The van der Waals surface area contributed by atoms with Gasteiger partial charge >= 0.3 is 6.03 Å². The molecule has 140 valence electrons. The van der Waals surface area contributed by atoms with Crippen LogP contribution in [0.2, 0.25) is 0 Å². The summed E-state index contributed by atoms with van der Waals surface area (Å²) in [6.07, 6.45) is 10.5. The van der Waals surface area contributed by atoms with Crippen molar-refractivity contribution in [2.75, 3.05) is 19.6 Å². The summed E-state index contributed by atoms with van der Waals surface area (Å²) >= 11 is 0. The number of hydrogen-bond acceptors (Lipinski definition) is 4. The predicted molar refractivity (Wildman–Crippen MR) is 93.9 cm³/mol. The van der Waals surface area contributed by atoms with Gasteiger partial charge in [0.05, 0.1) is 0 Å². The SMILES string of the molecule is O=C(CC[C@@H]1NC(=O)NC1=O)NCC1(N2CCCCC2)CCCCC1. The van der Waals surface area contributed by atoms with Gasteiger partial charge in [0.2, 0.25) is 5.91 Å². The summed E-state index contributed by atoms with van der Waals surface area (Å²) in [5.74, 6) is -0.370. The van der Waals surface area contributed by atoms with E-state index in [1.165, 1.54) is 38.5 Å². The number of carbonyl (C=O) groups is 3. The van der Waals surface area contributed by atoms with Crippen LogP contribution in [0.4, 0.5) is 4.79 Å². The minimum absolute atomic E-state index is 0.0316. The topological polar surface area (TPSA) is 90.5 Å². The number of piperidine rings is 1. The summed E-state index contributed by atoms with van der Waals surface area (Å²) in [5.41, 5.74) is 0.118. The summed E-state index contributed by atoms with van der Waals surface area (Å²) in [7, 11) is 0. The molecule has 0 spiro atoms. The van der Waals surface area contributed by atoms with E-state index in [9.17, 15) is 14.4 Å². The molecule has 4 amide bonds. The lowest BCUT2D eigenvalue weighted by Gasteiger charge is -2.48. The summed E-state index contributed by atoms with van der Waals surface area (Å²) in [4.78, 5) is 37.5. The lowest BCUT2D eigenvalue weighted by molar-refractivity contribution is -0.123. The van der Waals surface area contributed by atoms with E-state index >= 15 is 0 Å². The Balaban J connectivity index is 1.49. The van der Waals surface area contributed by atoms with Gasteiger partial charge in [0.25, 0.3) is 5.91 Å². The minimum Gasteiger partial charge on any atom is -0.354 e. The third kappa shape index (κ3) is 4.51. The van der Waals surface area contributed by atoms with Gasteiger partial charge < -0.3 is 10.6 Å². The first kappa shape index (κ1) is 18.2. The largest absolute Gasteiger partial charge is 0.354 e. The Labute approximate surface area is 149 Å². The van der Waals surface area contributed by atoms with Crippen molar-refractivity contribution in [2.45, 2.75) is 75.8 Å². The van der Waals surface area contributed by atoms with Crippen molar-refractivity contribution in [3.8, 4) is 0 Å². The first-order valence-corrected chi connectivity index (χ1v) is 9.72. The molecular formula is C18H30N4O3. The summed E-state index contributed by atoms with van der Waals surface area (Å²) in [6.45, 7) is 2.99. The Morgan fingerprint density at radius 2 is 1.76 bits per heavy atom. The van der Waals surface area contributed by atoms with E-state index in [0.29, 0.717) is 13.0 Å². The van der Waals surface area contributed by atoms with Crippen LogP contribution in [0.3, 0.4) is 0 Å². The molecule has 2 saturated heterocycles. The lowest BCUT2D eigenvalue weighted by atomic mass is 9.79. The molecule has 3 aliphatic rings. The van der Waals surface area contributed by atoms with Crippen LogP contribution in [0.15, 0.2) is 0 Å². The third-order valence-electron chi connectivity index (χ3n) is 5.94. The molecule has 25 heavy (non-hydrogen) atoms. The van der Waals surface area contributed by atoms with E-state index in [-0.39, 0.29) is 23.8 Å². The van der Waals surface area contributed by atoms with Crippen LogP contribution in [0.25, 0.3) is 0 Å². The molecule has 0 unspecified atom stereocenters. The van der Waals surface area contributed by atoms with Gasteiger partial charge in [0.15, 0.2) is 0 Å². The van der Waals surface area contributed by atoms with Gasteiger partial charge in [-0.25, -0.2) is 4.79 Å². The normalized spacial score (nSPS) is 26.8. The van der Waals surface area contributed by atoms with Crippen molar-refractivity contribution in [1.82, 2.24) is 20.9 Å². The summed E-state index contributed by atoms with van der Waals surface area (Å²) < 4.78 is 0. The van der Waals surface area contributed by atoms with E-state index < -0.39 is 12.1 Å². The molecule has 3 rings (SSSR count). The Morgan fingerprint density at radius 3 is 2.40 bits per heavy atom. The number of urea groups is 1. The standard InChI is InChI=1S/C18H30N4O3/c23-15(8-7-14-16(24)21-17(25)20-14)19-13-18(9-3-1-4-10-18)22-11-5-2-6-12-22/h14H,1-13H2,(H,19,23)(H2,20,21,24,25)/t14-/m0/s1. The smallest absolute Gasteiger partial charge is 0.322 e. The van der Waals surface area contributed by atoms with Gasteiger partial charge in [-0.1, -0.05) is 25.7 Å². The molecule has 7 heteroatoms. The number of amides is 4. The van der Waals surface area contributed by atoms with E-state index in [4.69, 9.17) is 0 Å². The number of imide groups is 1. The first-order chi connectivity index (χ1) is 12.1. The second-order valence-corrected chi connectivity index (χ2v) is 7.66. The molecule has 3 fully saturated rings. The minimum atomic E-state index is -0.580. The second kappa shape index (κ2) is 8.17. The first-order valence-electron chi connectivity index (χ1n) is 9.72. The van der Waals surface area contributed by atoms with Crippen LogP contribution in [-0.4, -0.2) is 54.0 Å². The molecule has 0 radical (unpaired) electrons. The maximum atomic E-state index is 12.3. The molecule has 0 aromatic heterocycles. The highest BCUT2D eigenvalue weighted by atomic mass is 16.2. The van der Waals surface area contributed by atoms with Crippen LogP contribution in [0, 0.1) is 0 Å². The Kier molecular flexibility index (Phi) is 5.93. The van der Waals surface area contributed by atoms with Crippen LogP contribution in [0.5, 0.6) is 0 Å². The molecule has 0 aromatic rings. The van der Waals surface area contributed by atoms with Crippen LogP contribution >= 0.6 is 0 Å². The summed E-state index contributed by atoms with van der Waals surface area (Å²) in [5, 5.41) is 7.85. The molecule has 0 aromatic carbocycles. The molecule has 0 bridgehead atoms. The fraction of sp³-hybridized carbons (Fsp3) is 0.833. The number of rotatable bonds is 6. The van der Waals surface area contributed by atoms with Crippen molar-refractivity contribution < 1.29 is 14.4 Å². The molecule has 7 nitrogen and oxygen atoms in total. The average Bonchev–Trinajstić information content (AvgIpc) is 2.97. The molecule has 2 heterocycles. The zero-order chi connectivity index (χ0) is 17.7. The number of nitrogens with one attached hydrogen (secondary N) is 3. The maximum absolute atomic E-state index is 12.3. The predicted octanol–water partition coefficient (Wildman–Crippen LogP) is 1.28. The fourth-order valence-corrected chi connectivity index (χ4v) is 4.47. The molecule has 1 aliphatic carbocycles. The fourth-order valence-electron chi connectivity index (χ4n) is 4.47. The number of carbonyl (C=O) groups excluding carboxylic acids is 3. The van der Waals surface area contributed by atoms with Crippen LogP contribution in [0.1, 0.15) is 64.2 Å². The van der Waals surface area contributed by atoms with Gasteiger partial charge in [-0.05, 0) is 45.2 Å². The van der Waals surface area contributed by atoms with Gasteiger partial charge in [-0.15, -0.1) is 0 Å². The number of hydrogen-bond donors (Lipinski definition) is 3. The second-order valence-electron chi connectivity index (χ2n) is 7.66. The van der Waals surface area contributed by atoms with Gasteiger partial charge in [-0.2, -0.15) is 0 Å². The Bertz CT molecular complexity index is 510. The van der Waals surface area contributed by atoms with E-state index in [2.05, 4.69) is 20.9 Å². The third-order valence-corrected chi connectivity index (χ3v) is 5.94. The van der Waals surface area contributed by atoms with Crippen LogP contribution < -0.4 is 16.0 Å². The van der Waals surface area contributed by atoms with Gasteiger partial charge in [0.1, 0.15) is 6.04 Å². The van der Waals surface area contributed by atoms with E-state index in [0.717, 1.165) is 25.9 Å². The average molecular weight is 350 g/mol. The molecular weight excluding hydrogens is 320 g/mol. The van der Waals surface area contributed by atoms with Crippen molar-refractivity contribution in [3.63, 3.8) is 0 Å². The van der Waals surface area contributed by atoms with E-state index in [1.54, 1.807) is 0 Å². The molecule has 2 aliphatic heterocycles. The molecule has 1 saturated carbocycles. The van der Waals surface area contributed by atoms with Gasteiger partial charge in [0, 0.05) is 18.5 Å². The maximum Gasteiger partial charge on any atom is 0.322 e. The zero-order valence-corrected chi connectivity index (χ0v) is 14.9. The zero-order valence-electron chi connectivity index (χ0n) is 14.9. The summed E-state index contributed by atoms with van der Waals surface area (Å²) in [6, 6.07) is -1.05. The highest BCUT2D eigenvalue weighted by Crippen LogP contribution is 2.35. The van der Waals surface area contributed by atoms with Crippen molar-refractivity contribution in [2.24, 2.45) is 0 Å². The van der Waals surface area contributed by atoms with Crippen molar-refractivity contribution in [3.05, 3.63) is 0 Å². The van der Waals surface area contributed by atoms with E-state index in [1.807, 2.05) is 0 Å². The van der Waals surface area contributed by atoms with Crippen molar-refractivity contribution in [1.29, 1.82) is 0 Å². The molecule has 3 N–H and O–H groups in total. The quantitative estimate of drug-likeness (QED) is 0.630. The lowest BCUT2D eigenvalue weighted by Crippen LogP contribution is -2.58. The Hall–Kier alpha value is -1.63. The van der Waals surface area contributed by atoms with Gasteiger partial charge in [-0.3, -0.25) is 19.8 Å². The van der Waals surface area contributed by atoms with Crippen molar-refractivity contribution >= 4 is 17.8 Å².